The van der Waals surface area contributed by atoms with E-state index in [1.165, 1.54) is 11.1 Å². The summed E-state index contributed by atoms with van der Waals surface area (Å²) in [5.74, 6) is 0.174. The molecule has 0 spiro atoms. The van der Waals surface area contributed by atoms with Crippen LogP contribution in [0.3, 0.4) is 0 Å². The number of Topliss-reactive ketones (excluding diaryl/α,β-unsaturated/α-hetero) is 1. The minimum absolute atomic E-state index is 0.174. The van der Waals surface area contributed by atoms with E-state index in [2.05, 4.69) is 66.6 Å². The topological polar surface area (TPSA) is 25.2 Å². The molecule has 0 saturated carbocycles. The number of aryl methyl sites for hydroxylation is 1. The number of ketones is 1. The van der Waals surface area contributed by atoms with Crippen LogP contribution in [0.25, 0.3) is 0 Å². The average Bonchev–Trinajstić information content (AvgIpc) is 2.97. The van der Waals surface area contributed by atoms with E-state index < -0.39 is 0 Å². The van der Waals surface area contributed by atoms with Gasteiger partial charge in [0.05, 0.1) is 12.6 Å². The Labute approximate surface area is 162 Å². The lowest BCUT2D eigenvalue weighted by atomic mass is 10.1. The van der Waals surface area contributed by atoms with Gasteiger partial charge in [0.15, 0.2) is 5.78 Å². The highest BCUT2D eigenvalue weighted by Crippen LogP contribution is 2.26. The Morgan fingerprint density at radius 3 is 2.22 bits per heavy atom. The van der Waals surface area contributed by atoms with Crippen molar-refractivity contribution in [3.05, 3.63) is 94.8 Å². The minimum Gasteiger partial charge on any atom is -0.341 e. The van der Waals surface area contributed by atoms with Crippen LogP contribution in [0.4, 0.5) is 0 Å². The van der Waals surface area contributed by atoms with Crippen LogP contribution >= 0.6 is 0 Å². The van der Waals surface area contributed by atoms with Crippen LogP contribution in [-0.4, -0.2) is 28.8 Å². The van der Waals surface area contributed by atoms with E-state index in [4.69, 9.17) is 0 Å². The zero-order valence-electron chi connectivity index (χ0n) is 16.6. The van der Waals surface area contributed by atoms with Crippen LogP contribution < -0.4 is 0 Å². The van der Waals surface area contributed by atoms with Crippen LogP contribution in [0.15, 0.2) is 66.7 Å². The van der Waals surface area contributed by atoms with E-state index in [0.29, 0.717) is 6.54 Å². The second-order valence-corrected chi connectivity index (χ2v) is 7.32. The number of aromatic nitrogens is 1. The number of hydrogen-bond acceptors (Lipinski definition) is 2. The fraction of sp³-hybridized carbons (Fsp3) is 0.292. The number of likely N-dealkylation sites (N-methyl/N-ethyl adjacent to an activating group) is 1. The fourth-order valence-corrected chi connectivity index (χ4v) is 3.82. The molecule has 0 amide bonds. The Morgan fingerprint density at radius 1 is 1.00 bits per heavy atom. The predicted octanol–water partition coefficient (Wildman–Crippen LogP) is 5.03. The summed E-state index contributed by atoms with van der Waals surface area (Å²) >= 11 is 0. The van der Waals surface area contributed by atoms with Gasteiger partial charge in [0, 0.05) is 23.5 Å². The van der Waals surface area contributed by atoms with Crippen molar-refractivity contribution in [1.82, 2.24) is 9.47 Å². The van der Waals surface area contributed by atoms with Crippen LogP contribution in [0, 0.1) is 13.8 Å². The van der Waals surface area contributed by atoms with Gasteiger partial charge in [-0.05, 0) is 45.0 Å². The highest BCUT2D eigenvalue weighted by atomic mass is 16.1. The summed E-state index contributed by atoms with van der Waals surface area (Å²) in [4.78, 5) is 15.0. The first-order valence-corrected chi connectivity index (χ1v) is 9.46. The Bertz CT molecular complexity index is 897. The number of carbonyl (C=O) groups is 1. The van der Waals surface area contributed by atoms with Crippen LogP contribution in [0.1, 0.15) is 45.8 Å². The van der Waals surface area contributed by atoms with Crippen molar-refractivity contribution in [2.75, 3.05) is 13.6 Å². The van der Waals surface area contributed by atoms with Crippen molar-refractivity contribution in [2.45, 2.75) is 33.4 Å². The monoisotopic (exact) mass is 360 g/mol. The maximum Gasteiger partial charge on any atom is 0.178 e. The first kappa shape index (κ1) is 19.1. The SMILES string of the molecule is Cc1cc(C(=O)CN(C)Cc2ccccc2)c(C)n1C(C)c1ccccc1. The molecule has 0 aliphatic rings. The first-order valence-electron chi connectivity index (χ1n) is 9.46. The van der Waals surface area contributed by atoms with Gasteiger partial charge in [0.1, 0.15) is 0 Å². The normalized spacial score (nSPS) is 12.3. The van der Waals surface area contributed by atoms with Gasteiger partial charge >= 0.3 is 0 Å². The summed E-state index contributed by atoms with van der Waals surface area (Å²) < 4.78 is 2.26. The van der Waals surface area contributed by atoms with E-state index in [-0.39, 0.29) is 11.8 Å². The van der Waals surface area contributed by atoms with Gasteiger partial charge in [-0.3, -0.25) is 9.69 Å². The Kier molecular flexibility index (Phi) is 5.92. The number of nitrogens with zero attached hydrogens (tertiary/aromatic N) is 2. The number of hydrogen-bond donors (Lipinski definition) is 0. The van der Waals surface area contributed by atoms with Crippen molar-refractivity contribution in [2.24, 2.45) is 0 Å². The van der Waals surface area contributed by atoms with Gasteiger partial charge in [0.2, 0.25) is 0 Å². The molecule has 0 aliphatic carbocycles. The zero-order chi connectivity index (χ0) is 19.4. The third kappa shape index (κ3) is 4.37. The van der Waals surface area contributed by atoms with Crippen LogP contribution in [0.5, 0.6) is 0 Å². The predicted molar refractivity (Wildman–Crippen MR) is 111 cm³/mol. The highest BCUT2D eigenvalue weighted by molar-refractivity contribution is 5.99. The fourth-order valence-electron chi connectivity index (χ4n) is 3.82. The molecule has 0 aliphatic heterocycles. The van der Waals surface area contributed by atoms with E-state index in [1.54, 1.807) is 0 Å². The molecular weight excluding hydrogens is 332 g/mol. The summed E-state index contributed by atoms with van der Waals surface area (Å²) in [6.45, 7) is 7.50. The summed E-state index contributed by atoms with van der Waals surface area (Å²) in [6, 6.07) is 22.9. The van der Waals surface area contributed by atoms with Crippen LogP contribution in [0.2, 0.25) is 0 Å². The lowest BCUT2D eigenvalue weighted by Crippen LogP contribution is -2.26. The van der Waals surface area contributed by atoms with E-state index in [1.807, 2.05) is 37.4 Å². The lowest BCUT2D eigenvalue weighted by molar-refractivity contribution is 0.0942. The standard InChI is InChI=1S/C24H28N2O/c1-18-15-23(20(3)26(18)19(2)22-13-9-6-10-14-22)24(27)17-25(4)16-21-11-7-5-8-12-21/h5-15,19H,16-17H2,1-4H3. The average molecular weight is 361 g/mol. The summed E-state index contributed by atoms with van der Waals surface area (Å²) in [5, 5.41) is 0. The first-order chi connectivity index (χ1) is 13.0. The second kappa shape index (κ2) is 8.36. The molecule has 0 saturated heterocycles. The molecule has 0 fully saturated rings. The van der Waals surface area contributed by atoms with Gasteiger partial charge in [-0.15, -0.1) is 0 Å². The maximum absolute atomic E-state index is 12.9. The van der Waals surface area contributed by atoms with Crippen molar-refractivity contribution >= 4 is 5.78 Å². The third-order valence-electron chi connectivity index (χ3n) is 5.16. The van der Waals surface area contributed by atoms with E-state index in [9.17, 15) is 4.79 Å². The van der Waals surface area contributed by atoms with Gasteiger partial charge in [0.25, 0.3) is 0 Å². The van der Waals surface area contributed by atoms with Crippen LogP contribution in [-0.2, 0) is 6.54 Å². The molecule has 1 heterocycles. The van der Waals surface area contributed by atoms with Crippen molar-refractivity contribution < 1.29 is 4.79 Å². The van der Waals surface area contributed by atoms with Crippen molar-refractivity contribution in [1.29, 1.82) is 0 Å². The minimum atomic E-state index is 0.174. The summed E-state index contributed by atoms with van der Waals surface area (Å²) in [6.07, 6.45) is 0. The molecular formula is C24H28N2O. The summed E-state index contributed by atoms with van der Waals surface area (Å²) in [5.41, 5.74) is 5.46. The number of rotatable bonds is 7. The van der Waals surface area contributed by atoms with Gasteiger partial charge in [-0.25, -0.2) is 0 Å². The van der Waals surface area contributed by atoms with Gasteiger partial charge < -0.3 is 4.57 Å². The van der Waals surface area contributed by atoms with Crippen molar-refractivity contribution in [3.63, 3.8) is 0 Å². The second-order valence-electron chi connectivity index (χ2n) is 7.32. The lowest BCUT2D eigenvalue weighted by Gasteiger charge is -2.19. The molecule has 1 unspecified atom stereocenters. The quantitative estimate of drug-likeness (QED) is 0.552. The molecule has 3 nitrogen and oxygen atoms in total. The largest absolute Gasteiger partial charge is 0.341 e. The molecule has 0 bridgehead atoms. The molecule has 0 N–H and O–H groups in total. The molecule has 27 heavy (non-hydrogen) atoms. The molecule has 3 heteroatoms. The highest BCUT2D eigenvalue weighted by Gasteiger charge is 2.20. The molecule has 3 aromatic rings. The molecule has 1 atom stereocenters. The van der Waals surface area contributed by atoms with E-state index in [0.717, 1.165) is 23.5 Å². The molecule has 140 valence electrons. The van der Waals surface area contributed by atoms with Gasteiger partial charge in [-0.2, -0.15) is 0 Å². The zero-order valence-corrected chi connectivity index (χ0v) is 16.6. The molecule has 3 rings (SSSR count). The Morgan fingerprint density at radius 2 is 1.59 bits per heavy atom. The molecule has 2 aromatic carbocycles. The smallest absolute Gasteiger partial charge is 0.178 e. The number of carbonyl (C=O) groups excluding carboxylic acids is 1. The summed E-state index contributed by atoms with van der Waals surface area (Å²) in [7, 11) is 2.00. The number of benzene rings is 2. The third-order valence-corrected chi connectivity index (χ3v) is 5.16. The Balaban J connectivity index is 1.76. The van der Waals surface area contributed by atoms with E-state index >= 15 is 0 Å². The molecule has 1 aromatic heterocycles. The van der Waals surface area contributed by atoms with Gasteiger partial charge in [-0.1, -0.05) is 60.7 Å². The maximum atomic E-state index is 12.9. The van der Waals surface area contributed by atoms with Crippen molar-refractivity contribution in [3.8, 4) is 0 Å². The Hall–Kier alpha value is -2.65. The molecule has 0 radical (unpaired) electrons.